The van der Waals surface area contributed by atoms with Gasteiger partial charge in [0.05, 0.1) is 7.11 Å². The molecule has 0 radical (unpaired) electrons. The van der Waals surface area contributed by atoms with Crippen molar-refractivity contribution < 1.29 is 23.5 Å². The van der Waals surface area contributed by atoms with Gasteiger partial charge in [0.2, 0.25) is 5.91 Å². The van der Waals surface area contributed by atoms with Crippen LogP contribution in [0.4, 0.5) is 14.9 Å². The number of methoxy groups -OCH3 is 1. The Kier molecular flexibility index (Phi) is 7.80. The number of halogens is 1. The third-order valence-electron chi connectivity index (χ3n) is 3.90. The molecule has 0 aliphatic carbocycles. The highest BCUT2D eigenvalue weighted by Crippen LogP contribution is 2.17. The average molecular weight is 388 g/mol. The van der Waals surface area contributed by atoms with Gasteiger partial charge in [-0.2, -0.15) is 0 Å². The maximum Gasteiger partial charge on any atom is 0.407 e. The Hall–Kier alpha value is -3.09. The summed E-state index contributed by atoms with van der Waals surface area (Å²) in [5.74, 6) is -0.0669. The Morgan fingerprint density at radius 3 is 2.54 bits per heavy atom. The molecule has 0 bridgehead atoms. The van der Waals surface area contributed by atoms with Gasteiger partial charge in [0.15, 0.2) is 0 Å². The summed E-state index contributed by atoms with van der Waals surface area (Å²) >= 11 is 0. The fourth-order valence-electron chi connectivity index (χ4n) is 2.60. The van der Waals surface area contributed by atoms with Crippen molar-refractivity contribution in [3.8, 4) is 5.75 Å². The summed E-state index contributed by atoms with van der Waals surface area (Å²) < 4.78 is 23.4. The molecule has 7 heteroatoms. The van der Waals surface area contributed by atoms with Gasteiger partial charge in [-0.1, -0.05) is 32.0 Å². The van der Waals surface area contributed by atoms with E-state index >= 15 is 0 Å². The largest absolute Gasteiger partial charge is 0.489 e. The highest BCUT2D eigenvalue weighted by molar-refractivity contribution is 5.96. The monoisotopic (exact) mass is 388 g/mol. The minimum Gasteiger partial charge on any atom is -0.489 e. The molecule has 1 atom stereocenters. The van der Waals surface area contributed by atoms with Crippen molar-refractivity contribution in [2.45, 2.75) is 32.9 Å². The molecule has 0 heterocycles. The van der Waals surface area contributed by atoms with Crippen LogP contribution >= 0.6 is 0 Å². The van der Waals surface area contributed by atoms with E-state index in [-0.39, 0.29) is 24.2 Å². The van der Waals surface area contributed by atoms with Crippen molar-refractivity contribution in [2.24, 2.45) is 5.92 Å². The number of alkyl carbamates (subject to hydrolysis) is 1. The van der Waals surface area contributed by atoms with Crippen LogP contribution in [0.25, 0.3) is 0 Å². The van der Waals surface area contributed by atoms with Crippen LogP contribution in [0.15, 0.2) is 48.5 Å². The first-order chi connectivity index (χ1) is 13.4. The molecule has 0 fully saturated rings. The van der Waals surface area contributed by atoms with Crippen LogP contribution in [-0.4, -0.2) is 25.2 Å². The third-order valence-corrected chi connectivity index (χ3v) is 3.90. The van der Waals surface area contributed by atoms with E-state index in [1.54, 1.807) is 30.3 Å². The van der Waals surface area contributed by atoms with E-state index in [0.29, 0.717) is 17.9 Å². The Bertz CT molecular complexity index is 810. The van der Waals surface area contributed by atoms with Crippen molar-refractivity contribution in [3.05, 3.63) is 59.9 Å². The lowest BCUT2D eigenvalue weighted by Crippen LogP contribution is -2.44. The van der Waals surface area contributed by atoms with Crippen molar-refractivity contribution in [3.63, 3.8) is 0 Å². The van der Waals surface area contributed by atoms with Gasteiger partial charge in [-0.15, -0.1) is 0 Å². The van der Waals surface area contributed by atoms with Crippen LogP contribution in [0.2, 0.25) is 0 Å². The molecule has 0 spiro atoms. The van der Waals surface area contributed by atoms with Gasteiger partial charge in [-0.05, 0) is 42.2 Å². The van der Waals surface area contributed by atoms with E-state index in [2.05, 4.69) is 15.4 Å². The van der Waals surface area contributed by atoms with Crippen LogP contribution in [0.3, 0.4) is 0 Å². The molecular formula is C21H25FN2O4. The zero-order valence-electron chi connectivity index (χ0n) is 16.2. The van der Waals surface area contributed by atoms with Gasteiger partial charge >= 0.3 is 6.09 Å². The Morgan fingerprint density at radius 1 is 1.11 bits per heavy atom. The van der Waals surface area contributed by atoms with Crippen LogP contribution in [0.5, 0.6) is 5.75 Å². The molecule has 2 N–H and O–H groups in total. The first-order valence-electron chi connectivity index (χ1n) is 9.00. The Balaban J connectivity index is 2.01. The second-order valence-electron chi connectivity index (χ2n) is 6.75. The molecule has 28 heavy (non-hydrogen) atoms. The molecule has 6 nitrogen and oxygen atoms in total. The summed E-state index contributed by atoms with van der Waals surface area (Å²) in [5.41, 5.74) is 1.38. The quantitative estimate of drug-likeness (QED) is 0.713. The zero-order valence-corrected chi connectivity index (χ0v) is 16.2. The predicted octanol–water partition coefficient (Wildman–Crippen LogP) is 4.11. The molecule has 0 aliphatic rings. The Labute approximate surface area is 164 Å². The molecule has 0 aromatic heterocycles. The molecule has 2 aromatic rings. The lowest BCUT2D eigenvalue weighted by Gasteiger charge is -2.19. The molecule has 2 amide bonds. The summed E-state index contributed by atoms with van der Waals surface area (Å²) in [6.07, 6.45) is -0.179. The van der Waals surface area contributed by atoms with Crippen molar-refractivity contribution in [1.29, 1.82) is 0 Å². The van der Waals surface area contributed by atoms with Crippen LogP contribution in [0.1, 0.15) is 25.8 Å². The van der Waals surface area contributed by atoms with E-state index < -0.39 is 12.1 Å². The number of carbonyl (C=O) groups is 2. The summed E-state index contributed by atoms with van der Waals surface area (Å²) in [6, 6.07) is 12.3. The summed E-state index contributed by atoms with van der Waals surface area (Å²) in [5, 5.41) is 5.35. The highest BCUT2D eigenvalue weighted by Gasteiger charge is 2.22. The molecule has 0 saturated heterocycles. The van der Waals surface area contributed by atoms with Crippen LogP contribution in [0, 0.1) is 11.7 Å². The number of hydrogen-bond donors (Lipinski definition) is 2. The molecule has 2 rings (SSSR count). The Morgan fingerprint density at radius 2 is 1.86 bits per heavy atom. The van der Waals surface area contributed by atoms with Gasteiger partial charge in [0.1, 0.15) is 24.2 Å². The predicted molar refractivity (Wildman–Crippen MR) is 105 cm³/mol. The van der Waals surface area contributed by atoms with Crippen LogP contribution in [-0.2, 0) is 16.1 Å². The van der Waals surface area contributed by atoms with Gasteiger partial charge in [0, 0.05) is 11.8 Å². The van der Waals surface area contributed by atoms with E-state index in [1.807, 2.05) is 19.9 Å². The second kappa shape index (κ2) is 10.3. The number of rotatable bonds is 8. The van der Waals surface area contributed by atoms with E-state index in [9.17, 15) is 14.0 Å². The van der Waals surface area contributed by atoms with Gasteiger partial charge < -0.3 is 20.1 Å². The van der Waals surface area contributed by atoms with E-state index in [4.69, 9.17) is 4.74 Å². The maximum atomic E-state index is 13.2. The molecule has 2 aromatic carbocycles. The highest BCUT2D eigenvalue weighted by atomic mass is 19.1. The van der Waals surface area contributed by atoms with Crippen LogP contribution < -0.4 is 15.4 Å². The fraction of sp³-hybridized carbons (Fsp3) is 0.333. The van der Waals surface area contributed by atoms with E-state index in [0.717, 1.165) is 5.56 Å². The minimum atomic E-state index is -0.709. The molecule has 0 aliphatic heterocycles. The molecular weight excluding hydrogens is 363 g/mol. The standard InChI is InChI=1S/C21H25FN2O4/c1-14(2)10-19(24-21(26)27-3)20(25)23-17-8-4-6-15(11-17)13-28-18-9-5-7-16(22)12-18/h4-9,11-12,14,19H,10,13H2,1-3H3,(H,23,25)(H,24,26). The number of hydrogen-bond acceptors (Lipinski definition) is 4. The van der Waals surface area contributed by atoms with Gasteiger partial charge in [-0.3, -0.25) is 4.79 Å². The number of anilines is 1. The van der Waals surface area contributed by atoms with Crippen molar-refractivity contribution in [1.82, 2.24) is 5.32 Å². The van der Waals surface area contributed by atoms with Crippen molar-refractivity contribution >= 4 is 17.7 Å². The SMILES string of the molecule is COC(=O)NC(CC(C)C)C(=O)Nc1cccc(COc2cccc(F)c2)c1. The number of nitrogens with one attached hydrogen (secondary N) is 2. The average Bonchev–Trinajstić information content (AvgIpc) is 2.65. The third kappa shape index (κ3) is 6.90. The molecule has 1 unspecified atom stereocenters. The maximum absolute atomic E-state index is 13.2. The minimum absolute atomic E-state index is 0.207. The van der Waals surface area contributed by atoms with Crippen molar-refractivity contribution in [2.75, 3.05) is 12.4 Å². The first-order valence-corrected chi connectivity index (χ1v) is 9.00. The van der Waals surface area contributed by atoms with Gasteiger partial charge in [0.25, 0.3) is 0 Å². The summed E-state index contributed by atoms with van der Waals surface area (Å²) in [6.45, 7) is 4.15. The number of amides is 2. The number of carbonyl (C=O) groups excluding carboxylic acids is 2. The second-order valence-corrected chi connectivity index (χ2v) is 6.75. The number of benzene rings is 2. The zero-order chi connectivity index (χ0) is 20.5. The first kappa shape index (κ1) is 21.2. The lowest BCUT2D eigenvalue weighted by atomic mass is 10.0. The lowest BCUT2D eigenvalue weighted by molar-refractivity contribution is -0.118. The van der Waals surface area contributed by atoms with E-state index in [1.165, 1.54) is 19.2 Å². The summed E-state index contributed by atoms with van der Waals surface area (Å²) in [7, 11) is 1.25. The summed E-state index contributed by atoms with van der Waals surface area (Å²) in [4.78, 5) is 24.1. The number of ether oxygens (including phenoxy) is 2. The molecule has 150 valence electrons. The smallest absolute Gasteiger partial charge is 0.407 e. The topological polar surface area (TPSA) is 76.7 Å². The normalized spacial score (nSPS) is 11.6. The van der Waals surface area contributed by atoms with Gasteiger partial charge in [-0.25, -0.2) is 9.18 Å². The molecule has 0 saturated carbocycles. The fourth-order valence-corrected chi connectivity index (χ4v) is 2.60.